The number of rotatable bonds is 11. The van der Waals surface area contributed by atoms with Gasteiger partial charge in [0.15, 0.2) is 17.0 Å². The van der Waals surface area contributed by atoms with Crippen LogP contribution >= 0.6 is 0 Å². The molecule has 1 atom stereocenters. The molecule has 0 aliphatic heterocycles. The van der Waals surface area contributed by atoms with Gasteiger partial charge in [0.05, 0.1) is 7.11 Å². The number of aromatic amines is 1. The van der Waals surface area contributed by atoms with E-state index in [1.54, 1.807) is 6.92 Å². The molecule has 5 rings (SSSR count). The monoisotopic (exact) mass is 572 g/mol. The summed E-state index contributed by atoms with van der Waals surface area (Å²) in [6.07, 6.45) is 1.64. The Bertz CT molecular complexity index is 1820. The molecule has 5 aromatic rings. The molecule has 13 heteroatoms. The number of hydrogen-bond acceptors (Lipinski definition) is 9. The van der Waals surface area contributed by atoms with Crippen LogP contribution in [0, 0.1) is 0 Å². The summed E-state index contributed by atoms with van der Waals surface area (Å²) in [5.74, 6) is 0.530. The number of tetrazole rings is 1. The first kappa shape index (κ1) is 28.6. The van der Waals surface area contributed by atoms with Crippen molar-refractivity contribution in [1.82, 2.24) is 39.3 Å². The maximum absolute atomic E-state index is 13.8. The number of H-pyrrole nitrogens is 1. The van der Waals surface area contributed by atoms with Crippen LogP contribution in [0.15, 0.2) is 58.1 Å². The SMILES string of the molecule is CCCCc1nc2c(c(=O)n(CC(=O)OC)c(=O)n2C(C)OC)n1Cc1ccc(-c2ccccc2-c2nnn[nH]2)cc1. The molecule has 218 valence electrons. The number of aromatic nitrogens is 8. The summed E-state index contributed by atoms with van der Waals surface area (Å²) < 4.78 is 14.2. The summed E-state index contributed by atoms with van der Waals surface area (Å²) in [4.78, 5) is 44.1. The zero-order valence-corrected chi connectivity index (χ0v) is 23.9. The van der Waals surface area contributed by atoms with E-state index < -0.39 is 30.0 Å². The Labute approximate surface area is 240 Å². The van der Waals surface area contributed by atoms with Crippen molar-refractivity contribution in [3.8, 4) is 22.5 Å². The fourth-order valence-electron chi connectivity index (χ4n) is 4.95. The van der Waals surface area contributed by atoms with Crippen molar-refractivity contribution < 1.29 is 14.3 Å². The summed E-state index contributed by atoms with van der Waals surface area (Å²) >= 11 is 0. The van der Waals surface area contributed by atoms with Crippen molar-refractivity contribution >= 4 is 17.1 Å². The number of fused-ring (bicyclic) bond motifs is 1. The molecule has 0 fully saturated rings. The van der Waals surface area contributed by atoms with Gasteiger partial charge >= 0.3 is 11.7 Å². The largest absolute Gasteiger partial charge is 0.468 e. The first-order valence-electron chi connectivity index (χ1n) is 13.6. The molecule has 0 amide bonds. The van der Waals surface area contributed by atoms with Crippen LogP contribution in [0.25, 0.3) is 33.7 Å². The molecule has 3 heterocycles. The van der Waals surface area contributed by atoms with Crippen molar-refractivity contribution in [1.29, 1.82) is 0 Å². The lowest BCUT2D eigenvalue weighted by Gasteiger charge is -2.16. The summed E-state index contributed by atoms with van der Waals surface area (Å²) in [6, 6.07) is 15.8. The topological polar surface area (TPSA) is 152 Å². The van der Waals surface area contributed by atoms with Gasteiger partial charge in [-0.3, -0.25) is 9.59 Å². The summed E-state index contributed by atoms with van der Waals surface area (Å²) in [5.41, 5.74) is 2.86. The van der Waals surface area contributed by atoms with Crippen molar-refractivity contribution in [2.45, 2.75) is 52.4 Å². The van der Waals surface area contributed by atoms with Crippen molar-refractivity contribution in [3.63, 3.8) is 0 Å². The fourth-order valence-corrected chi connectivity index (χ4v) is 4.95. The summed E-state index contributed by atoms with van der Waals surface area (Å²) in [6.45, 7) is 3.57. The number of unbranched alkanes of at least 4 members (excludes halogenated alkanes) is 1. The van der Waals surface area contributed by atoms with Gasteiger partial charge in [-0.1, -0.05) is 61.9 Å². The van der Waals surface area contributed by atoms with E-state index in [0.717, 1.165) is 39.7 Å². The third-order valence-electron chi connectivity index (χ3n) is 7.25. The van der Waals surface area contributed by atoms with E-state index in [-0.39, 0.29) is 11.2 Å². The molecule has 0 aliphatic carbocycles. The number of aryl methyl sites for hydroxylation is 1. The van der Waals surface area contributed by atoms with E-state index in [1.807, 2.05) is 53.1 Å². The molecule has 0 saturated heterocycles. The molecule has 13 nitrogen and oxygen atoms in total. The van der Waals surface area contributed by atoms with Gasteiger partial charge in [-0.05, 0) is 40.5 Å². The van der Waals surface area contributed by atoms with Crippen molar-refractivity contribution in [3.05, 3.63) is 80.8 Å². The second-order valence-electron chi connectivity index (χ2n) is 9.84. The fraction of sp³-hybridized carbons (Fsp3) is 0.345. The quantitative estimate of drug-likeness (QED) is 0.236. The van der Waals surface area contributed by atoms with Gasteiger partial charge < -0.3 is 14.0 Å². The summed E-state index contributed by atoms with van der Waals surface area (Å²) in [5, 5.41) is 14.3. The molecule has 42 heavy (non-hydrogen) atoms. The molecular formula is C29H32N8O5. The van der Waals surface area contributed by atoms with E-state index in [0.29, 0.717) is 24.6 Å². The lowest BCUT2D eigenvalue weighted by molar-refractivity contribution is -0.141. The molecule has 0 spiro atoms. The average molecular weight is 573 g/mol. The molecule has 1 unspecified atom stereocenters. The third-order valence-corrected chi connectivity index (χ3v) is 7.25. The van der Waals surface area contributed by atoms with Crippen molar-refractivity contribution in [2.75, 3.05) is 14.2 Å². The van der Waals surface area contributed by atoms with Crippen LogP contribution in [-0.4, -0.2) is 59.5 Å². The first-order valence-corrected chi connectivity index (χ1v) is 13.6. The highest BCUT2D eigenvalue weighted by Gasteiger charge is 2.25. The van der Waals surface area contributed by atoms with Crippen molar-refractivity contribution in [2.24, 2.45) is 0 Å². The van der Waals surface area contributed by atoms with Gasteiger partial charge in [-0.2, -0.15) is 0 Å². The Kier molecular flexibility index (Phi) is 8.38. The Balaban J connectivity index is 1.62. The predicted molar refractivity (Wildman–Crippen MR) is 155 cm³/mol. The number of hydrogen-bond donors (Lipinski definition) is 1. The first-order chi connectivity index (χ1) is 20.4. The van der Waals surface area contributed by atoms with Crippen LogP contribution in [0.5, 0.6) is 0 Å². The number of benzene rings is 2. The van der Waals surface area contributed by atoms with Gasteiger partial charge in [0.2, 0.25) is 0 Å². The van der Waals surface area contributed by atoms with E-state index in [4.69, 9.17) is 14.5 Å². The number of methoxy groups -OCH3 is 2. The van der Waals surface area contributed by atoms with Crippen LogP contribution in [0.3, 0.4) is 0 Å². The normalized spacial score (nSPS) is 12.1. The van der Waals surface area contributed by atoms with Gasteiger partial charge in [-0.25, -0.2) is 24.0 Å². The zero-order valence-electron chi connectivity index (χ0n) is 23.9. The van der Waals surface area contributed by atoms with Gasteiger partial charge in [0.25, 0.3) is 5.56 Å². The summed E-state index contributed by atoms with van der Waals surface area (Å²) in [7, 11) is 2.67. The number of imidazole rings is 1. The lowest BCUT2D eigenvalue weighted by atomic mass is 9.98. The molecule has 3 aromatic heterocycles. The zero-order chi connectivity index (χ0) is 29.8. The minimum absolute atomic E-state index is 0.220. The van der Waals surface area contributed by atoms with Gasteiger partial charge in [-0.15, -0.1) is 5.10 Å². The highest BCUT2D eigenvalue weighted by Crippen LogP contribution is 2.30. The number of nitrogens with zero attached hydrogens (tertiary/aromatic N) is 7. The smallest absolute Gasteiger partial charge is 0.335 e. The highest BCUT2D eigenvalue weighted by atomic mass is 16.5. The Hall–Kier alpha value is -4.91. The number of carbonyl (C=O) groups is 1. The number of carbonyl (C=O) groups excluding carboxylic acids is 1. The van der Waals surface area contributed by atoms with Crippen LogP contribution in [0.4, 0.5) is 0 Å². The molecule has 0 bridgehead atoms. The Morgan fingerprint density at radius 1 is 1.02 bits per heavy atom. The minimum atomic E-state index is -0.731. The van der Waals surface area contributed by atoms with E-state index in [1.165, 1.54) is 18.8 Å². The van der Waals surface area contributed by atoms with E-state index in [2.05, 4.69) is 27.5 Å². The predicted octanol–water partition coefficient (Wildman–Crippen LogP) is 2.94. The second kappa shape index (κ2) is 12.3. The third kappa shape index (κ3) is 5.38. The van der Waals surface area contributed by atoms with Crippen LogP contribution in [-0.2, 0) is 33.8 Å². The molecular weight excluding hydrogens is 540 g/mol. The van der Waals surface area contributed by atoms with Gasteiger partial charge in [0.1, 0.15) is 18.6 Å². The highest BCUT2D eigenvalue weighted by molar-refractivity contribution is 5.80. The average Bonchev–Trinajstić information content (AvgIpc) is 3.67. The number of esters is 1. The standard InChI is InChI=1S/C29H32N8O5/c1-5-6-11-23-30-27-25(28(39)36(17-24(38)42-4)29(40)37(27)18(2)41-3)35(23)16-19-12-14-20(15-13-19)21-9-7-8-10-22(21)26-31-33-34-32-26/h7-10,12-15,18H,5-6,11,16-17H2,1-4H3,(H,31,32,33,34). The number of ether oxygens (including phenoxy) is 2. The van der Waals surface area contributed by atoms with Gasteiger partial charge in [0, 0.05) is 25.6 Å². The molecule has 1 N–H and O–H groups in total. The van der Waals surface area contributed by atoms with Crippen LogP contribution in [0.2, 0.25) is 0 Å². The molecule has 2 aromatic carbocycles. The van der Waals surface area contributed by atoms with Crippen LogP contribution in [0.1, 0.15) is 44.3 Å². The maximum atomic E-state index is 13.8. The second-order valence-corrected chi connectivity index (χ2v) is 9.84. The minimum Gasteiger partial charge on any atom is -0.468 e. The maximum Gasteiger partial charge on any atom is 0.335 e. The Morgan fingerprint density at radius 3 is 2.40 bits per heavy atom. The van der Waals surface area contributed by atoms with E-state index in [9.17, 15) is 14.4 Å². The molecule has 0 radical (unpaired) electrons. The molecule has 0 saturated carbocycles. The number of nitrogens with one attached hydrogen (secondary N) is 1. The van der Waals surface area contributed by atoms with E-state index >= 15 is 0 Å². The van der Waals surface area contributed by atoms with Crippen LogP contribution < -0.4 is 11.2 Å². The Morgan fingerprint density at radius 2 is 1.76 bits per heavy atom. The lowest BCUT2D eigenvalue weighted by Crippen LogP contribution is -2.43. The molecule has 0 aliphatic rings.